The lowest BCUT2D eigenvalue weighted by Gasteiger charge is -2.33. The molecule has 1 aliphatic heterocycles. The van der Waals surface area contributed by atoms with Gasteiger partial charge in [0.15, 0.2) is 0 Å². The molecule has 0 saturated carbocycles. The molecule has 0 aliphatic carbocycles. The van der Waals surface area contributed by atoms with E-state index in [1.54, 1.807) is 16.8 Å². The molecule has 4 nitrogen and oxygen atoms in total. The fourth-order valence-corrected chi connectivity index (χ4v) is 3.09. The first kappa shape index (κ1) is 12.6. The summed E-state index contributed by atoms with van der Waals surface area (Å²) in [5.41, 5.74) is 3.16. The molecule has 0 radical (unpaired) electrons. The molecule has 0 bridgehead atoms. The third-order valence-electron chi connectivity index (χ3n) is 3.44. The number of benzene rings is 1. The molecule has 1 unspecified atom stereocenters. The predicted molar refractivity (Wildman–Crippen MR) is 78.3 cm³/mol. The van der Waals surface area contributed by atoms with Crippen molar-refractivity contribution in [3.05, 3.63) is 41.4 Å². The number of likely N-dealkylation sites (tertiary alicyclic amines) is 1. The van der Waals surface area contributed by atoms with Gasteiger partial charge in [-0.25, -0.2) is 0 Å². The summed E-state index contributed by atoms with van der Waals surface area (Å²) in [6.45, 7) is 3.30. The monoisotopic (exact) mass is 274 g/mol. The van der Waals surface area contributed by atoms with Crippen molar-refractivity contribution in [2.75, 3.05) is 18.4 Å². The Hall–Kier alpha value is -1.46. The summed E-state index contributed by atoms with van der Waals surface area (Å²) >= 11 is 1.57. The number of piperidine rings is 1. The molecule has 19 heavy (non-hydrogen) atoms. The Morgan fingerprint density at radius 2 is 2.21 bits per heavy atom. The minimum atomic E-state index is 0.491. The van der Waals surface area contributed by atoms with Gasteiger partial charge in [-0.2, -0.15) is 0 Å². The molecule has 100 valence electrons. The SMILES string of the molecule is c1ccc(CN2CCCC(Nc3nncs3)C2)cc1. The van der Waals surface area contributed by atoms with Crippen LogP contribution in [0, 0.1) is 0 Å². The maximum absolute atomic E-state index is 4.06. The van der Waals surface area contributed by atoms with Gasteiger partial charge in [0.25, 0.3) is 0 Å². The maximum atomic E-state index is 4.06. The lowest BCUT2D eigenvalue weighted by Crippen LogP contribution is -2.41. The molecule has 1 atom stereocenters. The Morgan fingerprint density at radius 1 is 1.32 bits per heavy atom. The molecule has 5 heteroatoms. The van der Waals surface area contributed by atoms with E-state index in [1.165, 1.54) is 24.9 Å². The number of aromatic nitrogens is 2. The van der Waals surface area contributed by atoms with Gasteiger partial charge in [-0.15, -0.1) is 10.2 Å². The highest BCUT2D eigenvalue weighted by molar-refractivity contribution is 7.13. The Balaban J connectivity index is 1.56. The highest BCUT2D eigenvalue weighted by atomic mass is 32.1. The summed E-state index contributed by atoms with van der Waals surface area (Å²) in [6, 6.07) is 11.2. The van der Waals surface area contributed by atoms with E-state index in [0.29, 0.717) is 6.04 Å². The van der Waals surface area contributed by atoms with Crippen LogP contribution in [-0.2, 0) is 6.54 Å². The van der Waals surface area contributed by atoms with E-state index in [9.17, 15) is 0 Å². The molecule has 1 aliphatic rings. The molecule has 1 N–H and O–H groups in total. The first-order chi connectivity index (χ1) is 9.40. The highest BCUT2D eigenvalue weighted by Gasteiger charge is 2.20. The first-order valence-electron chi connectivity index (χ1n) is 6.69. The average molecular weight is 274 g/mol. The molecular formula is C14H18N4S. The molecule has 2 aromatic rings. The number of nitrogens with one attached hydrogen (secondary N) is 1. The number of hydrogen-bond acceptors (Lipinski definition) is 5. The zero-order valence-corrected chi connectivity index (χ0v) is 11.6. The summed E-state index contributed by atoms with van der Waals surface area (Å²) in [5, 5.41) is 12.3. The van der Waals surface area contributed by atoms with E-state index in [2.05, 4.69) is 50.7 Å². The van der Waals surface area contributed by atoms with Crippen molar-refractivity contribution in [2.45, 2.75) is 25.4 Å². The molecule has 1 fully saturated rings. The molecule has 1 aromatic carbocycles. The van der Waals surface area contributed by atoms with Gasteiger partial charge >= 0.3 is 0 Å². The normalized spacial score (nSPS) is 20.3. The highest BCUT2D eigenvalue weighted by Crippen LogP contribution is 2.18. The first-order valence-corrected chi connectivity index (χ1v) is 7.57. The van der Waals surface area contributed by atoms with E-state index >= 15 is 0 Å². The summed E-state index contributed by atoms with van der Waals surface area (Å²) in [4.78, 5) is 2.51. The van der Waals surface area contributed by atoms with Crippen molar-refractivity contribution in [3.63, 3.8) is 0 Å². The smallest absolute Gasteiger partial charge is 0.205 e. The van der Waals surface area contributed by atoms with Gasteiger partial charge in [-0.1, -0.05) is 41.7 Å². The van der Waals surface area contributed by atoms with Gasteiger partial charge in [-0.05, 0) is 24.9 Å². The van der Waals surface area contributed by atoms with E-state index in [1.807, 2.05) is 0 Å². The third-order valence-corrected chi connectivity index (χ3v) is 4.06. The largest absolute Gasteiger partial charge is 0.356 e. The Morgan fingerprint density at radius 3 is 3.00 bits per heavy atom. The van der Waals surface area contributed by atoms with Crippen molar-refractivity contribution >= 4 is 16.5 Å². The molecule has 3 rings (SSSR count). The zero-order chi connectivity index (χ0) is 12.9. The van der Waals surface area contributed by atoms with E-state index < -0.39 is 0 Å². The second-order valence-electron chi connectivity index (χ2n) is 4.95. The van der Waals surface area contributed by atoms with Crippen LogP contribution in [0.4, 0.5) is 5.13 Å². The minimum absolute atomic E-state index is 0.491. The molecule has 2 heterocycles. The standard InChI is InChI=1S/C14H18N4S/c1-2-5-12(6-3-1)9-18-8-4-7-13(10-18)16-14-17-15-11-19-14/h1-3,5-6,11,13H,4,7-10H2,(H,16,17). The minimum Gasteiger partial charge on any atom is -0.356 e. The van der Waals surface area contributed by atoms with Crippen molar-refractivity contribution in [1.82, 2.24) is 15.1 Å². The molecule has 0 amide bonds. The lowest BCUT2D eigenvalue weighted by molar-refractivity contribution is 0.208. The Bertz CT molecular complexity index is 485. The van der Waals surface area contributed by atoms with Crippen LogP contribution in [0.1, 0.15) is 18.4 Å². The molecule has 0 spiro atoms. The predicted octanol–water partition coefficient (Wildman–Crippen LogP) is 2.61. The number of hydrogen-bond donors (Lipinski definition) is 1. The Kier molecular flexibility index (Phi) is 4.05. The molecule has 1 aromatic heterocycles. The van der Waals surface area contributed by atoms with Crippen LogP contribution in [-0.4, -0.2) is 34.2 Å². The van der Waals surface area contributed by atoms with Crippen LogP contribution in [0.5, 0.6) is 0 Å². The third kappa shape index (κ3) is 3.52. The topological polar surface area (TPSA) is 41.0 Å². The quantitative estimate of drug-likeness (QED) is 0.930. The average Bonchev–Trinajstić information content (AvgIpc) is 2.93. The van der Waals surface area contributed by atoms with Gasteiger partial charge in [0, 0.05) is 19.1 Å². The van der Waals surface area contributed by atoms with Crippen LogP contribution in [0.25, 0.3) is 0 Å². The van der Waals surface area contributed by atoms with Crippen molar-refractivity contribution in [1.29, 1.82) is 0 Å². The summed E-state index contributed by atoms with van der Waals surface area (Å²) < 4.78 is 0. The van der Waals surface area contributed by atoms with Crippen LogP contribution >= 0.6 is 11.3 Å². The van der Waals surface area contributed by atoms with E-state index in [0.717, 1.165) is 18.2 Å². The number of nitrogens with zero attached hydrogens (tertiary/aromatic N) is 3. The zero-order valence-electron chi connectivity index (χ0n) is 10.8. The van der Waals surface area contributed by atoms with Crippen LogP contribution in [0.3, 0.4) is 0 Å². The van der Waals surface area contributed by atoms with E-state index in [-0.39, 0.29) is 0 Å². The molecule has 1 saturated heterocycles. The molecular weight excluding hydrogens is 256 g/mol. The second kappa shape index (κ2) is 6.12. The summed E-state index contributed by atoms with van der Waals surface area (Å²) in [7, 11) is 0. The van der Waals surface area contributed by atoms with Crippen LogP contribution < -0.4 is 5.32 Å². The van der Waals surface area contributed by atoms with Gasteiger partial charge < -0.3 is 5.32 Å². The van der Waals surface area contributed by atoms with Crippen LogP contribution in [0.2, 0.25) is 0 Å². The van der Waals surface area contributed by atoms with E-state index in [4.69, 9.17) is 0 Å². The maximum Gasteiger partial charge on any atom is 0.205 e. The van der Waals surface area contributed by atoms with Gasteiger partial charge in [0.1, 0.15) is 5.51 Å². The van der Waals surface area contributed by atoms with Crippen molar-refractivity contribution < 1.29 is 0 Å². The number of rotatable bonds is 4. The summed E-state index contributed by atoms with van der Waals surface area (Å²) in [6.07, 6.45) is 2.45. The number of anilines is 1. The van der Waals surface area contributed by atoms with Gasteiger partial charge in [-0.3, -0.25) is 4.90 Å². The van der Waals surface area contributed by atoms with Crippen LogP contribution in [0.15, 0.2) is 35.8 Å². The Labute approximate surface area is 117 Å². The van der Waals surface area contributed by atoms with Crippen molar-refractivity contribution in [2.24, 2.45) is 0 Å². The van der Waals surface area contributed by atoms with Gasteiger partial charge in [0.2, 0.25) is 5.13 Å². The van der Waals surface area contributed by atoms with Gasteiger partial charge in [0.05, 0.1) is 0 Å². The van der Waals surface area contributed by atoms with Crippen molar-refractivity contribution in [3.8, 4) is 0 Å². The second-order valence-corrected chi connectivity index (χ2v) is 5.78. The fourth-order valence-electron chi connectivity index (χ4n) is 2.57. The lowest BCUT2D eigenvalue weighted by atomic mass is 10.1. The summed E-state index contributed by atoms with van der Waals surface area (Å²) in [5.74, 6) is 0. The fraction of sp³-hybridized carbons (Fsp3) is 0.429.